The van der Waals surface area contributed by atoms with Crippen molar-refractivity contribution in [2.75, 3.05) is 13.6 Å². The zero-order valence-electron chi connectivity index (χ0n) is 13.5. The lowest BCUT2D eigenvalue weighted by Gasteiger charge is -2.23. The largest absolute Gasteiger partial charge is 0.354 e. The van der Waals surface area contributed by atoms with Crippen LogP contribution in [-0.2, 0) is 16.1 Å². The normalized spacial score (nSPS) is 16.1. The van der Waals surface area contributed by atoms with E-state index >= 15 is 0 Å². The van der Waals surface area contributed by atoms with Gasteiger partial charge in [0.15, 0.2) is 0 Å². The third-order valence-corrected chi connectivity index (χ3v) is 5.14. The van der Waals surface area contributed by atoms with Crippen LogP contribution in [0.15, 0.2) is 28.7 Å². The second-order valence-electron chi connectivity index (χ2n) is 6.21. The molecule has 1 aromatic rings. The van der Waals surface area contributed by atoms with Crippen LogP contribution in [0.4, 0.5) is 0 Å². The zero-order valence-corrected chi connectivity index (χ0v) is 15.1. The van der Waals surface area contributed by atoms with Gasteiger partial charge in [-0.25, -0.2) is 0 Å². The summed E-state index contributed by atoms with van der Waals surface area (Å²) in [5.41, 5.74) is 6.41. The Labute approximate surface area is 145 Å². The molecule has 2 amide bonds. The number of amides is 2. The van der Waals surface area contributed by atoms with Crippen molar-refractivity contribution in [3.05, 3.63) is 34.3 Å². The predicted molar refractivity (Wildman–Crippen MR) is 93.6 cm³/mol. The maximum Gasteiger partial charge on any atom is 0.240 e. The summed E-state index contributed by atoms with van der Waals surface area (Å²) in [6.07, 6.45) is 3.74. The molecule has 1 fully saturated rings. The lowest BCUT2D eigenvalue weighted by Crippen LogP contribution is -2.52. The Balaban J connectivity index is 1.76. The van der Waals surface area contributed by atoms with Gasteiger partial charge in [-0.15, -0.1) is 0 Å². The summed E-state index contributed by atoms with van der Waals surface area (Å²) in [5.74, 6) is -0.130. The van der Waals surface area contributed by atoms with Crippen LogP contribution >= 0.6 is 15.9 Å². The van der Waals surface area contributed by atoms with Crippen molar-refractivity contribution in [3.63, 3.8) is 0 Å². The maximum absolute atomic E-state index is 12.2. The van der Waals surface area contributed by atoms with E-state index in [0.29, 0.717) is 13.1 Å². The number of nitrogens with one attached hydrogen (secondary N) is 1. The van der Waals surface area contributed by atoms with Gasteiger partial charge in [0.05, 0.1) is 5.54 Å². The Bertz CT molecular complexity index is 571. The van der Waals surface area contributed by atoms with Crippen LogP contribution < -0.4 is 11.1 Å². The smallest absolute Gasteiger partial charge is 0.240 e. The lowest BCUT2D eigenvalue weighted by molar-refractivity contribution is -0.130. The first kappa shape index (κ1) is 17.9. The maximum atomic E-state index is 12.2. The molecule has 0 unspecified atom stereocenters. The minimum Gasteiger partial charge on any atom is -0.354 e. The van der Waals surface area contributed by atoms with Gasteiger partial charge in [-0.2, -0.15) is 0 Å². The molecule has 1 aromatic carbocycles. The summed E-state index contributed by atoms with van der Waals surface area (Å²) in [5, 5.41) is 2.81. The zero-order chi connectivity index (χ0) is 16.9. The molecule has 6 heteroatoms. The molecule has 3 N–H and O–H groups in total. The van der Waals surface area contributed by atoms with E-state index in [1.54, 1.807) is 11.9 Å². The third-order valence-electron chi connectivity index (χ3n) is 4.36. The Kier molecular flexibility index (Phi) is 6.18. The Hall–Kier alpha value is -1.40. The highest BCUT2D eigenvalue weighted by molar-refractivity contribution is 9.10. The van der Waals surface area contributed by atoms with E-state index in [4.69, 9.17) is 5.73 Å². The molecule has 0 saturated heterocycles. The SMILES string of the molecule is CN(Cc1ccccc1Br)C(=O)CCNC(=O)C1(N)CCCC1. The minimum absolute atomic E-state index is 0.00135. The van der Waals surface area contributed by atoms with Crippen molar-refractivity contribution in [2.24, 2.45) is 5.73 Å². The van der Waals surface area contributed by atoms with Crippen molar-refractivity contribution in [1.29, 1.82) is 0 Å². The summed E-state index contributed by atoms with van der Waals surface area (Å²) < 4.78 is 0.985. The van der Waals surface area contributed by atoms with E-state index in [0.717, 1.165) is 35.7 Å². The second-order valence-corrected chi connectivity index (χ2v) is 7.06. The van der Waals surface area contributed by atoms with Crippen molar-refractivity contribution in [1.82, 2.24) is 10.2 Å². The first-order chi connectivity index (χ1) is 10.9. The number of benzene rings is 1. The number of carbonyl (C=O) groups excluding carboxylic acids is 2. The fourth-order valence-electron chi connectivity index (χ4n) is 2.85. The van der Waals surface area contributed by atoms with E-state index in [2.05, 4.69) is 21.2 Å². The second kappa shape index (κ2) is 7.93. The summed E-state index contributed by atoms with van der Waals surface area (Å²) in [6, 6.07) is 7.82. The van der Waals surface area contributed by atoms with Crippen LogP contribution in [-0.4, -0.2) is 35.8 Å². The van der Waals surface area contributed by atoms with Crippen LogP contribution in [0.1, 0.15) is 37.7 Å². The van der Waals surface area contributed by atoms with Gasteiger partial charge >= 0.3 is 0 Å². The number of carbonyl (C=O) groups is 2. The third kappa shape index (κ3) is 4.78. The van der Waals surface area contributed by atoms with Crippen LogP contribution in [0, 0.1) is 0 Å². The molecule has 0 heterocycles. The molecule has 23 heavy (non-hydrogen) atoms. The molecule has 1 saturated carbocycles. The van der Waals surface area contributed by atoms with Gasteiger partial charge in [0.2, 0.25) is 11.8 Å². The van der Waals surface area contributed by atoms with E-state index in [-0.39, 0.29) is 18.2 Å². The summed E-state index contributed by atoms with van der Waals surface area (Å²) in [6.45, 7) is 0.867. The number of hydrogen-bond donors (Lipinski definition) is 2. The molecule has 0 radical (unpaired) electrons. The monoisotopic (exact) mass is 381 g/mol. The van der Waals surface area contributed by atoms with Gasteiger partial charge in [0.1, 0.15) is 0 Å². The molecule has 5 nitrogen and oxygen atoms in total. The standard InChI is InChI=1S/C17H24BrN3O2/c1-21(12-13-6-2-3-7-14(13)18)15(22)8-11-20-16(23)17(19)9-4-5-10-17/h2-3,6-7H,4-5,8-12,19H2,1H3,(H,20,23). The molecule has 126 valence electrons. The van der Waals surface area contributed by atoms with Gasteiger partial charge in [-0.3, -0.25) is 9.59 Å². The molecule has 0 bridgehead atoms. The first-order valence-corrected chi connectivity index (χ1v) is 8.76. The van der Waals surface area contributed by atoms with Gasteiger partial charge < -0.3 is 16.0 Å². The molecule has 0 atom stereocenters. The van der Waals surface area contributed by atoms with Crippen LogP contribution in [0.5, 0.6) is 0 Å². The molecule has 1 aliphatic carbocycles. The van der Waals surface area contributed by atoms with Crippen molar-refractivity contribution >= 4 is 27.7 Å². The van der Waals surface area contributed by atoms with Crippen LogP contribution in [0.2, 0.25) is 0 Å². The summed E-state index contributed by atoms with van der Waals surface area (Å²) in [4.78, 5) is 25.9. The van der Waals surface area contributed by atoms with Crippen molar-refractivity contribution in [3.8, 4) is 0 Å². The van der Waals surface area contributed by atoms with Gasteiger partial charge in [0.25, 0.3) is 0 Å². The number of nitrogens with two attached hydrogens (primary N) is 1. The molecular formula is C17H24BrN3O2. The van der Waals surface area contributed by atoms with E-state index in [1.165, 1.54) is 0 Å². The molecule has 1 aliphatic rings. The molecule has 2 rings (SSSR count). The summed E-state index contributed by atoms with van der Waals surface area (Å²) >= 11 is 3.48. The molecule has 0 spiro atoms. The van der Waals surface area contributed by atoms with Gasteiger partial charge in [0, 0.05) is 31.0 Å². The Morgan fingerprint density at radius 2 is 1.96 bits per heavy atom. The van der Waals surface area contributed by atoms with E-state index < -0.39 is 5.54 Å². The minimum atomic E-state index is -0.732. The summed E-state index contributed by atoms with van der Waals surface area (Å²) in [7, 11) is 1.77. The van der Waals surface area contributed by atoms with E-state index in [9.17, 15) is 9.59 Å². The molecule has 0 aliphatic heterocycles. The number of rotatable bonds is 6. The fraction of sp³-hybridized carbons (Fsp3) is 0.529. The topological polar surface area (TPSA) is 75.4 Å². The number of hydrogen-bond acceptors (Lipinski definition) is 3. The average Bonchev–Trinajstić information content (AvgIpc) is 2.97. The van der Waals surface area contributed by atoms with Crippen molar-refractivity contribution in [2.45, 2.75) is 44.2 Å². The van der Waals surface area contributed by atoms with Crippen LogP contribution in [0.25, 0.3) is 0 Å². The molecule has 0 aromatic heterocycles. The first-order valence-electron chi connectivity index (χ1n) is 7.97. The number of halogens is 1. The quantitative estimate of drug-likeness (QED) is 0.792. The molecular weight excluding hydrogens is 358 g/mol. The highest BCUT2D eigenvalue weighted by Gasteiger charge is 2.36. The average molecular weight is 382 g/mol. The highest BCUT2D eigenvalue weighted by atomic mass is 79.9. The van der Waals surface area contributed by atoms with Crippen molar-refractivity contribution < 1.29 is 9.59 Å². The van der Waals surface area contributed by atoms with E-state index in [1.807, 2.05) is 24.3 Å². The lowest BCUT2D eigenvalue weighted by atomic mass is 9.98. The predicted octanol–water partition coefficient (Wildman–Crippen LogP) is 2.19. The fourth-order valence-corrected chi connectivity index (χ4v) is 3.26. The highest BCUT2D eigenvalue weighted by Crippen LogP contribution is 2.27. The Morgan fingerprint density at radius 3 is 2.61 bits per heavy atom. The number of nitrogens with zero attached hydrogens (tertiary/aromatic N) is 1. The Morgan fingerprint density at radius 1 is 1.30 bits per heavy atom. The van der Waals surface area contributed by atoms with Gasteiger partial charge in [-0.1, -0.05) is 47.0 Å². The van der Waals surface area contributed by atoms with Gasteiger partial charge in [-0.05, 0) is 24.5 Å². The van der Waals surface area contributed by atoms with Crippen LogP contribution in [0.3, 0.4) is 0 Å².